The molecule has 1 heterocycles. The highest BCUT2D eigenvalue weighted by molar-refractivity contribution is 7.93. The molecule has 0 spiro atoms. The van der Waals surface area contributed by atoms with Crippen LogP contribution in [-0.2, 0) is 4.74 Å². The van der Waals surface area contributed by atoms with Crippen molar-refractivity contribution in [2.45, 2.75) is 0 Å². The third-order valence-corrected chi connectivity index (χ3v) is 0.204. The molecule has 0 aliphatic carbocycles. The fraction of sp³-hybridized carbons (Fsp3) is 0.667. The monoisotopic (exact) mass is 120 g/mol. The summed E-state index contributed by atoms with van der Waals surface area (Å²) in [6, 6.07) is 0. The van der Waals surface area contributed by atoms with E-state index in [1.54, 1.807) is 0 Å². The number of epoxide rings is 1. The summed E-state index contributed by atoms with van der Waals surface area (Å²) in [7, 11) is 0. The van der Waals surface area contributed by atoms with Gasteiger partial charge >= 0.3 is 0 Å². The van der Waals surface area contributed by atoms with Crippen LogP contribution >= 0.6 is 24.4 Å². The van der Waals surface area contributed by atoms with E-state index in [4.69, 9.17) is 0 Å². The quantitative estimate of drug-likeness (QED) is 0.350. The summed E-state index contributed by atoms with van der Waals surface area (Å²) in [6.45, 7) is 2.00. The Bertz CT molecular complexity index is 51.1. The molecule has 0 aromatic heterocycles. The van der Waals surface area contributed by atoms with Gasteiger partial charge in [-0.25, -0.2) is 0 Å². The summed E-state index contributed by atoms with van der Waals surface area (Å²) < 4.78 is 6.42. The highest BCUT2D eigenvalue weighted by Crippen LogP contribution is 1.84. The molecule has 0 aromatic rings. The lowest BCUT2D eigenvalue weighted by Gasteiger charge is -1.24. The minimum Gasteiger partial charge on any atom is -0.377 e. The van der Waals surface area contributed by atoms with E-state index in [2.05, 4.69) is 29.2 Å². The van der Waals surface area contributed by atoms with Gasteiger partial charge in [0.2, 0.25) is 0 Å². The topological polar surface area (TPSA) is 12.5 Å². The summed E-state index contributed by atoms with van der Waals surface area (Å²) >= 11 is 7.92. The Balaban J connectivity index is 0.0000000833. The maximum absolute atomic E-state index is 4.50. The minimum absolute atomic E-state index is 1.00. The van der Waals surface area contributed by atoms with Crippen molar-refractivity contribution in [3.05, 3.63) is 0 Å². The van der Waals surface area contributed by atoms with Crippen molar-refractivity contribution < 1.29 is 4.74 Å². The van der Waals surface area contributed by atoms with Crippen LogP contribution in [0, 0.1) is 0 Å². The Morgan fingerprint density at radius 3 is 1.50 bits per heavy atom. The van der Waals surface area contributed by atoms with Crippen molar-refractivity contribution in [2.24, 2.45) is 0 Å². The lowest BCUT2D eigenvalue weighted by molar-refractivity contribution is 0.475. The summed E-state index contributed by atoms with van der Waals surface area (Å²) in [6.07, 6.45) is 0. The van der Waals surface area contributed by atoms with Crippen molar-refractivity contribution in [1.82, 2.24) is 0 Å². The Labute approximate surface area is 47.3 Å². The molecule has 6 heavy (non-hydrogen) atoms. The van der Waals surface area contributed by atoms with Gasteiger partial charge < -0.3 is 4.74 Å². The van der Waals surface area contributed by atoms with Gasteiger partial charge in [0.25, 0.3) is 0 Å². The van der Waals surface area contributed by atoms with Crippen molar-refractivity contribution >= 4 is 28.7 Å². The first kappa shape index (κ1) is 6.18. The van der Waals surface area contributed by atoms with Crippen molar-refractivity contribution in [1.29, 1.82) is 0 Å². The molecule has 0 unspecified atom stereocenters. The molecule has 0 radical (unpaired) electrons. The third kappa shape index (κ3) is 30.4. The van der Waals surface area contributed by atoms with E-state index in [1.807, 2.05) is 4.31 Å². The molecule has 0 N–H and O–H groups in total. The normalized spacial score (nSPS) is 13.3. The summed E-state index contributed by atoms with van der Waals surface area (Å²) in [4.78, 5) is 0. The zero-order valence-electron chi connectivity index (χ0n) is 3.14. The molecule has 1 saturated heterocycles. The van der Waals surface area contributed by atoms with Gasteiger partial charge in [-0.3, -0.25) is 0 Å². The van der Waals surface area contributed by atoms with Gasteiger partial charge in [-0.2, -0.15) is 0 Å². The van der Waals surface area contributed by atoms with Crippen LogP contribution in [0.1, 0.15) is 0 Å². The Morgan fingerprint density at radius 1 is 1.33 bits per heavy atom. The number of thiocarbonyl (C=S) groups is 2. The van der Waals surface area contributed by atoms with E-state index in [9.17, 15) is 0 Å². The van der Waals surface area contributed by atoms with E-state index in [0.29, 0.717) is 0 Å². The van der Waals surface area contributed by atoms with Crippen molar-refractivity contribution in [3.63, 3.8) is 0 Å². The largest absolute Gasteiger partial charge is 0.377 e. The number of hydrogen-bond donors (Lipinski definition) is 0. The maximum Gasteiger partial charge on any atom is 0.0701 e. The average molecular weight is 120 g/mol. The van der Waals surface area contributed by atoms with Crippen LogP contribution in [0.3, 0.4) is 0 Å². The predicted octanol–water partition coefficient (Wildman–Crippen LogP) is 1.03. The molecular formula is C3H4OS2. The molecule has 0 bridgehead atoms. The molecule has 0 amide bonds. The smallest absolute Gasteiger partial charge is 0.0701 e. The highest BCUT2D eigenvalue weighted by Gasteiger charge is 1.94. The standard InChI is InChI=1S/C2H4O.CS2/c1-2-3-1;2-1-3/h1-2H2;. The Kier molecular flexibility index (Phi) is 5.34. The fourth-order valence-electron chi connectivity index (χ4n) is 0. The van der Waals surface area contributed by atoms with E-state index in [1.165, 1.54) is 0 Å². The van der Waals surface area contributed by atoms with Gasteiger partial charge in [-0.1, -0.05) is 0 Å². The first-order valence-corrected chi connectivity index (χ1v) is 2.30. The van der Waals surface area contributed by atoms with Gasteiger partial charge in [-0.15, -0.1) is 0 Å². The summed E-state index contributed by atoms with van der Waals surface area (Å²) in [5, 5.41) is 0. The number of rotatable bonds is 0. The molecule has 0 atom stereocenters. The van der Waals surface area contributed by atoms with Gasteiger partial charge in [0.05, 0.1) is 13.2 Å². The molecule has 1 nitrogen and oxygen atoms in total. The first-order chi connectivity index (χ1) is 2.91. The SMILES string of the molecule is C1CO1.S=C=S. The predicted molar refractivity (Wildman–Crippen MR) is 31.0 cm³/mol. The van der Waals surface area contributed by atoms with E-state index in [-0.39, 0.29) is 0 Å². The molecule has 0 saturated carbocycles. The Morgan fingerprint density at radius 2 is 1.50 bits per heavy atom. The molecule has 1 aliphatic rings. The second-order valence-electron chi connectivity index (χ2n) is 0.696. The van der Waals surface area contributed by atoms with Crippen LogP contribution in [0.4, 0.5) is 0 Å². The zero-order valence-corrected chi connectivity index (χ0v) is 4.77. The summed E-state index contributed by atoms with van der Waals surface area (Å²) in [5.74, 6) is 0. The van der Waals surface area contributed by atoms with Crippen LogP contribution in [0.25, 0.3) is 0 Å². The third-order valence-electron chi connectivity index (χ3n) is 0.204. The second kappa shape index (κ2) is 5.18. The molecule has 3 heteroatoms. The number of ether oxygens (including phenoxy) is 1. The average Bonchev–Trinajstić information content (AvgIpc) is 2.11. The fourth-order valence-corrected chi connectivity index (χ4v) is 0. The van der Waals surface area contributed by atoms with Crippen molar-refractivity contribution in [2.75, 3.05) is 13.2 Å². The maximum atomic E-state index is 4.50. The lowest BCUT2D eigenvalue weighted by Crippen LogP contribution is -1.20. The van der Waals surface area contributed by atoms with E-state index >= 15 is 0 Å². The molecule has 1 aliphatic heterocycles. The lowest BCUT2D eigenvalue weighted by atomic mass is 11.0. The van der Waals surface area contributed by atoms with Crippen LogP contribution in [0.5, 0.6) is 0 Å². The van der Waals surface area contributed by atoms with Crippen molar-refractivity contribution in [3.8, 4) is 0 Å². The van der Waals surface area contributed by atoms with Crippen LogP contribution in [-0.4, -0.2) is 17.5 Å². The highest BCUT2D eigenvalue weighted by atomic mass is 32.1. The zero-order chi connectivity index (χ0) is 4.83. The molecule has 1 fully saturated rings. The Hall–Kier alpha value is 0.180. The van der Waals surface area contributed by atoms with Crippen LogP contribution in [0.2, 0.25) is 0 Å². The second-order valence-corrected chi connectivity index (χ2v) is 1.36. The molecule has 1 rings (SSSR count). The minimum atomic E-state index is 1.00. The van der Waals surface area contributed by atoms with Crippen LogP contribution in [0.15, 0.2) is 0 Å². The van der Waals surface area contributed by atoms with E-state index < -0.39 is 0 Å². The molecular weight excluding hydrogens is 116 g/mol. The summed E-state index contributed by atoms with van der Waals surface area (Å²) in [5.41, 5.74) is 0. The van der Waals surface area contributed by atoms with Gasteiger partial charge in [-0.05, 0) is 24.4 Å². The molecule has 34 valence electrons. The van der Waals surface area contributed by atoms with E-state index in [0.717, 1.165) is 13.2 Å². The van der Waals surface area contributed by atoms with Gasteiger partial charge in [0, 0.05) is 4.31 Å². The number of hydrogen-bond acceptors (Lipinski definition) is 3. The molecule has 0 aromatic carbocycles. The van der Waals surface area contributed by atoms with Gasteiger partial charge in [0.1, 0.15) is 0 Å². The van der Waals surface area contributed by atoms with Gasteiger partial charge in [0.15, 0.2) is 0 Å². The first-order valence-electron chi connectivity index (χ1n) is 1.49. The van der Waals surface area contributed by atoms with Crippen LogP contribution < -0.4 is 0 Å².